The zero-order valence-electron chi connectivity index (χ0n) is 18.2. The van der Waals surface area contributed by atoms with Gasteiger partial charge in [0.1, 0.15) is 6.04 Å². The van der Waals surface area contributed by atoms with Crippen molar-refractivity contribution in [3.63, 3.8) is 0 Å². The molecule has 0 spiro atoms. The van der Waals surface area contributed by atoms with Crippen LogP contribution in [0.1, 0.15) is 55.7 Å². The van der Waals surface area contributed by atoms with E-state index in [1.54, 1.807) is 23.1 Å². The van der Waals surface area contributed by atoms with Crippen molar-refractivity contribution in [1.29, 1.82) is 0 Å². The van der Waals surface area contributed by atoms with Crippen LogP contribution in [0, 0.1) is 6.92 Å². The van der Waals surface area contributed by atoms with E-state index in [2.05, 4.69) is 5.32 Å². The fourth-order valence-electron chi connectivity index (χ4n) is 4.19. The molecule has 31 heavy (non-hydrogen) atoms. The molecule has 6 heteroatoms. The van der Waals surface area contributed by atoms with E-state index in [0.717, 1.165) is 36.8 Å². The number of halogens is 2. The van der Waals surface area contributed by atoms with E-state index < -0.39 is 6.04 Å². The normalized spacial score (nSPS) is 15.0. The van der Waals surface area contributed by atoms with Crippen molar-refractivity contribution in [1.82, 2.24) is 10.2 Å². The molecule has 1 aliphatic rings. The highest BCUT2D eigenvalue weighted by Crippen LogP contribution is 2.24. The largest absolute Gasteiger partial charge is 0.352 e. The smallest absolute Gasteiger partial charge is 0.243 e. The minimum Gasteiger partial charge on any atom is -0.352 e. The lowest BCUT2D eigenvalue weighted by atomic mass is 10.0. The van der Waals surface area contributed by atoms with Crippen molar-refractivity contribution in [2.45, 2.75) is 71.0 Å². The quantitative estimate of drug-likeness (QED) is 0.548. The lowest BCUT2D eigenvalue weighted by Crippen LogP contribution is -2.51. The van der Waals surface area contributed by atoms with Crippen LogP contribution in [0.25, 0.3) is 0 Å². The van der Waals surface area contributed by atoms with Gasteiger partial charge in [-0.1, -0.05) is 73.3 Å². The van der Waals surface area contributed by atoms with E-state index in [1.807, 2.05) is 38.1 Å². The highest BCUT2D eigenvalue weighted by Gasteiger charge is 2.31. The number of carbonyl (C=O) groups is 2. The van der Waals surface area contributed by atoms with Gasteiger partial charge in [-0.2, -0.15) is 0 Å². The molecule has 1 aliphatic carbocycles. The Morgan fingerprint density at radius 3 is 2.45 bits per heavy atom. The SMILES string of the molecule is CC[C@@H](C(=O)NC1CCCC1)N(Cc1ccccc1C)C(=O)Cc1ccc(Cl)cc1Cl. The number of amides is 2. The summed E-state index contributed by atoms with van der Waals surface area (Å²) in [6.07, 6.45) is 4.97. The molecule has 0 aromatic heterocycles. The third kappa shape index (κ3) is 6.24. The van der Waals surface area contributed by atoms with Gasteiger partial charge >= 0.3 is 0 Å². The third-order valence-corrected chi connectivity index (χ3v) is 6.63. The van der Waals surface area contributed by atoms with Crippen LogP contribution in [0.5, 0.6) is 0 Å². The highest BCUT2D eigenvalue weighted by molar-refractivity contribution is 6.35. The maximum absolute atomic E-state index is 13.5. The van der Waals surface area contributed by atoms with Crippen LogP contribution in [0.4, 0.5) is 0 Å². The van der Waals surface area contributed by atoms with E-state index in [4.69, 9.17) is 23.2 Å². The summed E-state index contributed by atoms with van der Waals surface area (Å²) in [5.74, 6) is -0.195. The third-order valence-electron chi connectivity index (χ3n) is 6.05. The molecule has 0 unspecified atom stereocenters. The predicted molar refractivity (Wildman–Crippen MR) is 126 cm³/mol. The van der Waals surface area contributed by atoms with Gasteiger partial charge < -0.3 is 10.2 Å². The number of nitrogens with zero attached hydrogens (tertiary/aromatic N) is 1. The van der Waals surface area contributed by atoms with Crippen molar-refractivity contribution < 1.29 is 9.59 Å². The summed E-state index contributed by atoms with van der Waals surface area (Å²) in [6.45, 7) is 4.35. The first-order valence-corrected chi connectivity index (χ1v) is 11.7. The molecular weight excluding hydrogens is 431 g/mol. The van der Waals surface area contributed by atoms with Gasteiger partial charge in [0, 0.05) is 22.6 Å². The predicted octanol–water partition coefficient (Wildman–Crippen LogP) is 5.71. The maximum Gasteiger partial charge on any atom is 0.243 e. The van der Waals surface area contributed by atoms with E-state index in [-0.39, 0.29) is 24.3 Å². The van der Waals surface area contributed by atoms with E-state index in [0.29, 0.717) is 28.6 Å². The van der Waals surface area contributed by atoms with Gasteiger partial charge in [0.2, 0.25) is 11.8 Å². The molecule has 0 aliphatic heterocycles. The summed E-state index contributed by atoms with van der Waals surface area (Å²) in [7, 11) is 0. The average molecular weight is 461 g/mol. The Morgan fingerprint density at radius 1 is 1.10 bits per heavy atom. The van der Waals surface area contributed by atoms with Gasteiger partial charge in [-0.15, -0.1) is 0 Å². The molecule has 0 saturated heterocycles. The number of benzene rings is 2. The number of rotatable bonds is 8. The Labute approximate surface area is 194 Å². The molecular formula is C25H30Cl2N2O2. The molecule has 1 atom stereocenters. The van der Waals surface area contributed by atoms with Gasteiger partial charge in [0.25, 0.3) is 0 Å². The van der Waals surface area contributed by atoms with E-state index in [1.165, 1.54) is 0 Å². The molecule has 2 aromatic rings. The molecule has 1 N–H and O–H groups in total. The minimum atomic E-state index is -0.529. The Balaban J connectivity index is 1.85. The molecule has 2 amide bonds. The van der Waals surface area contributed by atoms with Crippen LogP contribution in [0.3, 0.4) is 0 Å². The molecule has 166 valence electrons. The van der Waals surface area contributed by atoms with Gasteiger partial charge in [0.05, 0.1) is 6.42 Å². The zero-order chi connectivity index (χ0) is 22.4. The zero-order valence-corrected chi connectivity index (χ0v) is 19.7. The molecule has 0 heterocycles. The van der Waals surface area contributed by atoms with Gasteiger partial charge in [-0.05, 0) is 55.0 Å². The Morgan fingerprint density at radius 2 is 1.81 bits per heavy atom. The molecule has 1 saturated carbocycles. The second-order valence-corrected chi connectivity index (χ2v) is 9.12. The van der Waals surface area contributed by atoms with Crippen molar-refractivity contribution in [2.24, 2.45) is 0 Å². The first-order valence-electron chi connectivity index (χ1n) is 11.0. The molecule has 3 rings (SSSR count). The van der Waals surface area contributed by atoms with Gasteiger partial charge in [-0.3, -0.25) is 9.59 Å². The maximum atomic E-state index is 13.5. The van der Waals surface area contributed by atoms with E-state index in [9.17, 15) is 9.59 Å². The average Bonchev–Trinajstić information content (AvgIpc) is 3.24. The minimum absolute atomic E-state index is 0.0708. The molecule has 1 fully saturated rings. The first kappa shape index (κ1) is 23.6. The molecule has 0 radical (unpaired) electrons. The fraction of sp³-hybridized carbons (Fsp3) is 0.440. The molecule has 2 aromatic carbocycles. The number of hydrogen-bond acceptors (Lipinski definition) is 2. The second-order valence-electron chi connectivity index (χ2n) is 8.27. The Kier molecular flexibility index (Phi) is 8.39. The summed E-state index contributed by atoms with van der Waals surface area (Å²) in [5, 5.41) is 4.16. The summed E-state index contributed by atoms with van der Waals surface area (Å²) in [4.78, 5) is 28.3. The lowest BCUT2D eigenvalue weighted by Gasteiger charge is -2.32. The van der Waals surface area contributed by atoms with Crippen LogP contribution in [-0.2, 0) is 22.6 Å². The van der Waals surface area contributed by atoms with Crippen LogP contribution >= 0.6 is 23.2 Å². The van der Waals surface area contributed by atoms with Gasteiger partial charge in [0.15, 0.2) is 0 Å². The number of carbonyl (C=O) groups excluding carboxylic acids is 2. The van der Waals surface area contributed by atoms with Gasteiger partial charge in [-0.25, -0.2) is 0 Å². The summed E-state index contributed by atoms with van der Waals surface area (Å²) in [5.41, 5.74) is 2.83. The monoisotopic (exact) mass is 460 g/mol. The first-order chi connectivity index (χ1) is 14.9. The Bertz CT molecular complexity index is 925. The number of hydrogen-bond donors (Lipinski definition) is 1. The lowest BCUT2D eigenvalue weighted by molar-refractivity contribution is -0.141. The van der Waals surface area contributed by atoms with Crippen LogP contribution < -0.4 is 5.32 Å². The highest BCUT2D eigenvalue weighted by atomic mass is 35.5. The van der Waals surface area contributed by atoms with Crippen molar-refractivity contribution in [2.75, 3.05) is 0 Å². The van der Waals surface area contributed by atoms with Crippen LogP contribution in [0.15, 0.2) is 42.5 Å². The summed E-state index contributed by atoms with van der Waals surface area (Å²) in [6, 6.07) is 12.8. The standard InChI is InChI=1S/C25H30Cl2N2O2/c1-3-23(25(31)28-21-10-6-7-11-21)29(16-19-9-5-4-8-17(19)2)24(30)14-18-12-13-20(26)15-22(18)27/h4-5,8-9,12-13,15,21,23H,3,6-7,10-11,14,16H2,1-2H3,(H,28,31)/t23-/m0/s1. The van der Waals surface area contributed by atoms with Crippen molar-refractivity contribution >= 4 is 35.0 Å². The number of aryl methyl sites for hydroxylation is 1. The van der Waals surface area contributed by atoms with Crippen LogP contribution in [-0.4, -0.2) is 28.8 Å². The topological polar surface area (TPSA) is 49.4 Å². The molecule has 4 nitrogen and oxygen atoms in total. The Hall–Kier alpha value is -2.04. The summed E-state index contributed by atoms with van der Waals surface area (Å²) < 4.78 is 0. The van der Waals surface area contributed by atoms with E-state index >= 15 is 0 Å². The van der Waals surface area contributed by atoms with Crippen LogP contribution in [0.2, 0.25) is 10.0 Å². The second kappa shape index (κ2) is 11.0. The molecule has 0 bridgehead atoms. The fourth-order valence-corrected chi connectivity index (χ4v) is 4.66. The number of nitrogens with one attached hydrogen (secondary N) is 1. The summed E-state index contributed by atoms with van der Waals surface area (Å²) >= 11 is 12.3. The van der Waals surface area contributed by atoms with Crippen molar-refractivity contribution in [3.05, 3.63) is 69.2 Å². The van der Waals surface area contributed by atoms with Crippen molar-refractivity contribution in [3.8, 4) is 0 Å².